The number of nitrogens with one attached hydrogen (secondary N) is 2. The summed E-state index contributed by atoms with van der Waals surface area (Å²) in [5.41, 5.74) is 0.389. The topological polar surface area (TPSA) is 64.6 Å². The maximum atomic E-state index is 11.9. The Hall–Kier alpha value is -1.07. The summed E-state index contributed by atoms with van der Waals surface area (Å²) in [5, 5.41) is 15.9. The summed E-state index contributed by atoms with van der Waals surface area (Å²) in [6.45, 7) is 13.1. The van der Waals surface area contributed by atoms with Gasteiger partial charge in [0.15, 0.2) is 0 Å². The van der Waals surface area contributed by atoms with Crippen molar-refractivity contribution in [2.24, 2.45) is 0 Å². The minimum absolute atomic E-state index is 0.173. The summed E-state index contributed by atoms with van der Waals surface area (Å²) in [6, 6.07) is 0.0522. The summed E-state index contributed by atoms with van der Waals surface area (Å²) >= 11 is 0. The maximum Gasteiger partial charge on any atom is 0.315 e. The second-order valence-electron chi connectivity index (χ2n) is 6.27. The number of amides is 2. The first kappa shape index (κ1) is 18.0. The molecule has 0 spiro atoms. The lowest BCUT2D eigenvalue weighted by Gasteiger charge is -2.32. The highest BCUT2D eigenvalue weighted by atomic mass is 16.3. The lowest BCUT2D eigenvalue weighted by atomic mass is 9.98. The molecule has 5 heteroatoms. The Morgan fingerprint density at radius 2 is 1.90 bits per heavy atom. The van der Waals surface area contributed by atoms with E-state index in [1.807, 2.05) is 20.8 Å². The van der Waals surface area contributed by atoms with Gasteiger partial charge in [-0.15, -0.1) is 0 Å². The molecule has 0 unspecified atom stereocenters. The molecule has 1 saturated heterocycles. The zero-order valence-corrected chi connectivity index (χ0v) is 13.7. The first-order valence-electron chi connectivity index (χ1n) is 8.02. The molecule has 0 atom stereocenters. The van der Waals surface area contributed by atoms with E-state index in [-0.39, 0.29) is 12.1 Å². The van der Waals surface area contributed by atoms with E-state index in [9.17, 15) is 9.90 Å². The molecule has 0 saturated carbocycles. The first-order chi connectivity index (χ1) is 9.88. The van der Waals surface area contributed by atoms with Crippen LogP contribution in [0, 0.1) is 0 Å². The minimum Gasteiger partial charge on any atom is -0.388 e. The Balaban J connectivity index is 2.26. The fourth-order valence-electron chi connectivity index (χ4n) is 2.60. The monoisotopic (exact) mass is 297 g/mol. The number of rotatable bonds is 7. The van der Waals surface area contributed by atoms with Gasteiger partial charge in [-0.2, -0.15) is 0 Å². The fourth-order valence-corrected chi connectivity index (χ4v) is 2.60. The smallest absolute Gasteiger partial charge is 0.315 e. The number of likely N-dealkylation sites (tertiary alicyclic amines) is 1. The Morgan fingerprint density at radius 3 is 2.38 bits per heavy atom. The Morgan fingerprint density at radius 1 is 1.33 bits per heavy atom. The van der Waals surface area contributed by atoms with E-state index in [2.05, 4.69) is 22.1 Å². The molecule has 0 aromatic heterocycles. The van der Waals surface area contributed by atoms with Gasteiger partial charge in [0, 0.05) is 32.2 Å². The van der Waals surface area contributed by atoms with Gasteiger partial charge in [-0.05, 0) is 32.6 Å². The van der Waals surface area contributed by atoms with Crippen molar-refractivity contribution < 1.29 is 9.90 Å². The molecule has 0 radical (unpaired) electrons. The van der Waals surface area contributed by atoms with Crippen molar-refractivity contribution in [3.05, 3.63) is 12.2 Å². The Labute approximate surface area is 128 Å². The number of urea groups is 1. The van der Waals surface area contributed by atoms with Crippen LogP contribution in [0.15, 0.2) is 12.2 Å². The molecule has 1 fully saturated rings. The highest BCUT2D eigenvalue weighted by molar-refractivity contribution is 5.74. The van der Waals surface area contributed by atoms with E-state index in [4.69, 9.17) is 0 Å². The number of carbonyl (C=O) groups is 1. The van der Waals surface area contributed by atoms with Crippen molar-refractivity contribution in [1.29, 1.82) is 0 Å². The van der Waals surface area contributed by atoms with Crippen molar-refractivity contribution in [1.82, 2.24) is 15.5 Å². The van der Waals surface area contributed by atoms with Crippen molar-refractivity contribution in [3.63, 3.8) is 0 Å². The van der Waals surface area contributed by atoms with Crippen LogP contribution >= 0.6 is 0 Å². The largest absolute Gasteiger partial charge is 0.388 e. The lowest BCUT2D eigenvalue weighted by molar-refractivity contribution is 0.0347. The molecule has 5 nitrogen and oxygen atoms in total. The molecule has 0 aliphatic carbocycles. The van der Waals surface area contributed by atoms with Crippen molar-refractivity contribution in [3.8, 4) is 0 Å². The standard InChI is InChI=1S/C16H31N3O2/c1-5-16(21,6-2)12-17-15(20)18-14-7-9-19(10-8-14)11-13(3)4/h14,21H,3,5-12H2,1-2,4H3,(H2,17,18,20). The van der Waals surface area contributed by atoms with Crippen LogP contribution in [-0.2, 0) is 0 Å². The van der Waals surface area contributed by atoms with Crippen molar-refractivity contribution in [2.75, 3.05) is 26.2 Å². The Kier molecular flexibility index (Phi) is 7.18. The van der Waals surface area contributed by atoms with E-state index >= 15 is 0 Å². The summed E-state index contributed by atoms with van der Waals surface area (Å²) < 4.78 is 0. The molecule has 1 rings (SSSR count). The number of aliphatic hydroxyl groups is 1. The molecule has 0 aromatic rings. The van der Waals surface area contributed by atoms with E-state index < -0.39 is 5.60 Å². The minimum atomic E-state index is -0.789. The molecule has 122 valence electrons. The third-order valence-electron chi connectivity index (χ3n) is 4.31. The van der Waals surface area contributed by atoms with E-state index in [0.717, 1.165) is 32.5 Å². The van der Waals surface area contributed by atoms with Gasteiger partial charge in [-0.3, -0.25) is 4.90 Å². The normalized spacial score (nSPS) is 17.5. The van der Waals surface area contributed by atoms with Crippen LogP contribution in [0.3, 0.4) is 0 Å². The molecule has 1 aliphatic heterocycles. The van der Waals surface area contributed by atoms with Crippen LogP contribution in [0.2, 0.25) is 0 Å². The zero-order chi connectivity index (χ0) is 15.9. The number of nitrogens with zero attached hydrogens (tertiary/aromatic N) is 1. The number of hydrogen-bond donors (Lipinski definition) is 3. The van der Waals surface area contributed by atoms with Gasteiger partial charge in [0.2, 0.25) is 0 Å². The first-order valence-corrected chi connectivity index (χ1v) is 8.02. The second-order valence-corrected chi connectivity index (χ2v) is 6.27. The fraction of sp³-hybridized carbons (Fsp3) is 0.812. The van der Waals surface area contributed by atoms with Gasteiger partial charge in [-0.1, -0.05) is 26.0 Å². The van der Waals surface area contributed by atoms with E-state index in [0.29, 0.717) is 19.4 Å². The third-order valence-corrected chi connectivity index (χ3v) is 4.31. The van der Waals surface area contributed by atoms with Gasteiger partial charge in [0.05, 0.1) is 5.60 Å². The van der Waals surface area contributed by atoms with Crippen LogP contribution in [0.4, 0.5) is 4.79 Å². The van der Waals surface area contributed by atoms with Crippen LogP contribution < -0.4 is 10.6 Å². The number of hydrogen-bond acceptors (Lipinski definition) is 3. The van der Waals surface area contributed by atoms with E-state index in [1.165, 1.54) is 5.57 Å². The van der Waals surface area contributed by atoms with Gasteiger partial charge in [-0.25, -0.2) is 4.79 Å². The lowest BCUT2D eigenvalue weighted by Crippen LogP contribution is -2.51. The Bertz CT molecular complexity index is 345. The average Bonchev–Trinajstić information content (AvgIpc) is 2.46. The molecule has 2 amide bonds. The quantitative estimate of drug-likeness (QED) is 0.629. The number of carbonyl (C=O) groups excluding carboxylic acids is 1. The van der Waals surface area contributed by atoms with Crippen molar-refractivity contribution in [2.45, 2.75) is 58.1 Å². The molecular weight excluding hydrogens is 266 g/mol. The molecule has 0 bridgehead atoms. The second kappa shape index (κ2) is 8.39. The summed E-state index contributed by atoms with van der Waals surface area (Å²) in [7, 11) is 0. The van der Waals surface area contributed by atoms with E-state index in [1.54, 1.807) is 0 Å². The predicted octanol–water partition coefficient (Wildman–Crippen LogP) is 1.88. The summed E-state index contributed by atoms with van der Waals surface area (Å²) in [4.78, 5) is 14.3. The average molecular weight is 297 g/mol. The predicted molar refractivity (Wildman–Crippen MR) is 86.3 cm³/mol. The highest BCUT2D eigenvalue weighted by Gasteiger charge is 2.24. The molecule has 0 aromatic carbocycles. The van der Waals surface area contributed by atoms with Crippen LogP contribution in [-0.4, -0.2) is 53.9 Å². The van der Waals surface area contributed by atoms with Crippen LogP contribution in [0.25, 0.3) is 0 Å². The molecule has 3 N–H and O–H groups in total. The van der Waals surface area contributed by atoms with Gasteiger partial charge in [0.1, 0.15) is 0 Å². The number of piperidine rings is 1. The third kappa shape index (κ3) is 6.48. The van der Waals surface area contributed by atoms with Crippen molar-refractivity contribution >= 4 is 6.03 Å². The maximum absolute atomic E-state index is 11.9. The van der Waals surface area contributed by atoms with Crippen LogP contribution in [0.1, 0.15) is 46.5 Å². The molecule has 21 heavy (non-hydrogen) atoms. The van der Waals surface area contributed by atoms with Gasteiger partial charge >= 0.3 is 6.03 Å². The molecule has 1 aliphatic rings. The van der Waals surface area contributed by atoms with Crippen LogP contribution in [0.5, 0.6) is 0 Å². The summed E-state index contributed by atoms with van der Waals surface area (Å²) in [5.74, 6) is 0. The van der Waals surface area contributed by atoms with Gasteiger partial charge in [0.25, 0.3) is 0 Å². The highest BCUT2D eigenvalue weighted by Crippen LogP contribution is 2.13. The zero-order valence-electron chi connectivity index (χ0n) is 13.7. The molecular formula is C16H31N3O2. The SMILES string of the molecule is C=C(C)CN1CCC(NC(=O)NCC(O)(CC)CC)CC1. The summed E-state index contributed by atoms with van der Waals surface area (Å²) in [6.07, 6.45) is 3.21. The molecule has 1 heterocycles. The van der Waals surface area contributed by atoms with Gasteiger partial charge < -0.3 is 15.7 Å².